The third-order valence-corrected chi connectivity index (χ3v) is 5.94. The number of rotatable bonds is 6. The number of hydroxylamine groups is 3. The van der Waals surface area contributed by atoms with Gasteiger partial charge in [-0.05, 0) is 59.9 Å². The van der Waals surface area contributed by atoms with Gasteiger partial charge in [0.2, 0.25) is 6.41 Å². The van der Waals surface area contributed by atoms with Crippen molar-refractivity contribution in [3.8, 4) is 0 Å². The molecule has 3 aliphatic heterocycles. The second-order valence-electron chi connectivity index (χ2n) is 11.7. The second-order valence-corrected chi connectivity index (χ2v) is 11.7. The van der Waals surface area contributed by atoms with Crippen LogP contribution in [-0.2, 0) is 30.6 Å². The van der Waals surface area contributed by atoms with E-state index < -0.39 is 29.5 Å². The van der Waals surface area contributed by atoms with E-state index in [2.05, 4.69) is 5.48 Å². The van der Waals surface area contributed by atoms with Crippen molar-refractivity contribution < 1.29 is 38.3 Å². The summed E-state index contributed by atoms with van der Waals surface area (Å²) in [7, 11) is 0. The first-order valence-electron chi connectivity index (χ1n) is 14.4. The van der Waals surface area contributed by atoms with Gasteiger partial charge in [-0.15, -0.1) is 0 Å². The maximum Gasteiger partial charge on any atom is 0.429 e. The summed E-state index contributed by atoms with van der Waals surface area (Å²) in [5, 5.41) is 3.78. The van der Waals surface area contributed by atoms with Crippen molar-refractivity contribution in [2.45, 2.75) is 98.2 Å². The van der Waals surface area contributed by atoms with Crippen LogP contribution in [-0.4, -0.2) is 94.1 Å². The van der Waals surface area contributed by atoms with Crippen LogP contribution in [0.2, 0.25) is 0 Å². The Hall–Kier alpha value is -3.58. The molecule has 0 saturated carbocycles. The largest absolute Gasteiger partial charge is 0.442 e. The summed E-state index contributed by atoms with van der Waals surface area (Å²) in [6, 6.07) is 10.2. The standard InChI is InChI=1S/C14H25N3O6.C13H16N2O2.C2H6/c1-13(2,3)21-11(19)16-7-10(23-15-9-18)8-17(16)12(20)22-14(4,5)6;16-13-14-8-4-7-12(9-14)15(13)17-10-11-5-2-1-3-6-11;1-2/h9-10H,7-8H2,1-6H3,(H,15,18);1-3,5-6,12H,4,7-10H2;1-2H3. The minimum absolute atomic E-state index is 0.0310. The van der Waals surface area contributed by atoms with Crippen LogP contribution >= 0.6 is 0 Å². The van der Waals surface area contributed by atoms with E-state index in [-0.39, 0.29) is 25.2 Å². The Kier molecular flexibility index (Phi) is 12.9. The van der Waals surface area contributed by atoms with Gasteiger partial charge in [0.15, 0.2) is 0 Å². The van der Waals surface area contributed by atoms with Gasteiger partial charge in [0.1, 0.15) is 23.9 Å². The molecule has 1 aromatic rings. The molecule has 13 heteroatoms. The summed E-state index contributed by atoms with van der Waals surface area (Å²) in [5.74, 6) is 0. The van der Waals surface area contributed by atoms with Crippen LogP contribution in [0, 0.1) is 0 Å². The van der Waals surface area contributed by atoms with Gasteiger partial charge in [-0.25, -0.2) is 29.9 Å². The molecule has 1 aromatic carbocycles. The Morgan fingerprint density at radius 3 is 1.95 bits per heavy atom. The smallest absolute Gasteiger partial charge is 0.429 e. The van der Waals surface area contributed by atoms with Crippen molar-refractivity contribution in [3.05, 3.63) is 35.9 Å². The number of ether oxygens (including phenoxy) is 2. The minimum Gasteiger partial charge on any atom is -0.442 e. The number of amides is 5. The van der Waals surface area contributed by atoms with Crippen molar-refractivity contribution in [3.63, 3.8) is 0 Å². The fourth-order valence-corrected chi connectivity index (χ4v) is 4.31. The third-order valence-electron chi connectivity index (χ3n) is 5.94. The monoisotopic (exact) mass is 593 g/mol. The first kappa shape index (κ1) is 34.6. The Balaban J connectivity index is 0.000000286. The average molecular weight is 594 g/mol. The number of hydrazine groups is 1. The predicted octanol–water partition coefficient (Wildman–Crippen LogP) is 4.48. The molecule has 42 heavy (non-hydrogen) atoms. The predicted molar refractivity (Wildman–Crippen MR) is 154 cm³/mol. The van der Waals surface area contributed by atoms with E-state index in [4.69, 9.17) is 19.1 Å². The van der Waals surface area contributed by atoms with E-state index in [0.29, 0.717) is 13.0 Å². The van der Waals surface area contributed by atoms with Crippen molar-refractivity contribution in [2.24, 2.45) is 0 Å². The number of urea groups is 1. The zero-order chi connectivity index (χ0) is 31.5. The SMILES string of the molecule is CC.CC(C)(C)OC(=O)N1CC(ONC=O)CN1C(=O)OC(C)(C)C.O=C1N2CCCC(C2)N1OCc1ccccc1. The van der Waals surface area contributed by atoms with Crippen molar-refractivity contribution in [1.82, 2.24) is 25.5 Å². The van der Waals surface area contributed by atoms with Gasteiger partial charge in [0.05, 0.1) is 19.1 Å². The summed E-state index contributed by atoms with van der Waals surface area (Å²) in [6.45, 7) is 16.6. The highest BCUT2D eigenvalue weighted by Crippen LogP contribution is 2.26. The van der Waals surface area contributed by atoms with Crippen molar-refractivity contribution in [1.29, 1.82) is 0 Å². The van der Waals surface area contributed by atoms with E-state index >= 15 is 0 Å². The van der Waals surface area contributed by atoms with Crippen LogP contribution in [0.25, 0.3) is 0 Å². The van der Waals surface area contributed by atoms with Gasteiger partial charge in [-0.2, -0.15) is 5.06 Å². The number of piperidine rings is 1. The molecule has 236 valence electrons. The van der Waals surface area contributed by atoms with Gasteiger partial charge in [0, 0.05) is 13.1 Å². The van der Waals surface area contributed by atoms with Crippen LogP contribution in [0.1, 0.15) is 73.8 Å². The average Bonchev–Trinajstić information content (AvgIpc) is 3.45. The van der Waals surface area contributed by atoms with E-state index in [1.54, 1.807) is 46.6 Å². The van der Waals surface area contributed by atoms with E-state index in [1.165, 1.54) is 0 Å². The van der Waals surface area contributed by atoms with Crippen LogP contribution in [0.15, 0.2) is 30.3 Å². The molecule has 3 heterocycles. The topological polar surface area (TPSA) is 130 Å². The fraction of sp³-hybridized carbons (Fsp3) is 0.655. The Bertz CT molecular complexity index is 991. The number of hydrogen-bond donors (Lipinski definition) is 1. The summed E-state index contributed by atoms with van der Waals surface area (Å²) in [6.07, 6.45) is 0.536. The van der Waals surface area contributed by atoms with Gasteiger partial charge < -0.3 is 14.4 Å². The molecule has 0 aliphatic carbocycles. The first-order valence-corrected chi connectivity index (χ1v) is 14.4. The van der Waals surface area contributed by atoms with Gasteiger partial charge in [0.25, 0.3) is 0 Å². The van der Waals surface area contributed by atoms with Crippen molar-refractivity contribution >= 4 is 24.6 Å². The molecule has 13 nitrogen and oxygen atoms in total. The van der Waals surface area contributed by atoms with Gasteiger partial charge in [-0.3, -0.25) is 14.5 Å². The molecule has 3 saturated heterocycles. The molecule has 4 rings (SSSR count). The van der Waals surface area contributed by atoms with Crippen LogP contribution in [0.5, 0.6) is 0 Å². The number of hydrogen-bond acceptors (Lipinski definition) is 8. The quantitative estimate of drug-likeness (QED) is 0.378. The Labute approximate surface area is 248 Å². The molecule has 1 atom stereocenters. The normalized spacial score (nSPS) is 18.5. The number of fused-ring (bicyclic) bond motifs is 2. The van der Waals surface area contributed by atoms with E-state index in [0.717, 1.165) is 41.5 Å². The molecule has 3 fully saturated rings. The van der Waals surface area contributed by atoms with Crippen molar-refractivity contribution in [2.75, 3.05) is 26.2 Å². The molecular formula is C29H47N5O8. The summed E-state index contributed by atoms with van der Waals surface area (Å²) < 4.78 is 10.6. The van der Waals surface area contributed by atoms with E-state index in [1.807, 2.05) is 49.1 Å². The lowest BCUT2D eigenvalue weighted by Gasteiger charge is -2.31. The lowest BCUT2D eigenvalue weighted by molar-refractivity contribution is -0.140. The van der Waals surface area contributed by atoms with Crippen LogP contribution < -0.4 is 5.48 Å². The zero-order valence-corrected chi connectivity index (χ0v) is 26.1. The molecule has 0 radical (unpaired) electrons. The van der Waals surface area contributed by atoms with E-state index in [9.17, 15) is 19.2 Å². The molecule has 2 bridgehead atoms. The third kappa shape index (κ3) is 10.7. The lowest BCUT2D eigenvalue weighted by Crippen LogP contribution is -2.48. The van der Waals surface area contributed by atoms with Crippen LogP contribution in [0.4, 0.5) is 14.4 Å². The molecule has 5 amide bonds. The lowest BCUT2D eigenvalue weighted by atomic mass is 10.1. The number of benzene rings is 1. The molecular weight excluding hydrogens is 546 g/mol. The number of carbonyl (C=O) groups is 4. The zero-order valence-electron chi connectivity index (χ0n) is 26.1. The highest BCUT2D eigenvalue weighted by molar-refractivity contribution is 5.76. The number of nitrogens with one attached hydrogen (secondary N) is 1. The summed E-state index contributed by atoms with van der Waals surface area (Å²) >= 11 is 0. The molecule has 0 spiro atoms. The number of nitrogens with zero attached hydrogens (tertiary/aromatic N) is 4. The highest BCUT2D eigenvalue weighted by atomic mass is 16.7. The number of carbonyl (C=O) groups excluding carboxylic acids is 4. The maximum absolute atomic E-state index is 12.3. The van der Waals surface area contributed by atoms with Gasteiger partial charge >= 0.3 is 18.2 Å². The van der Waals surface area contributed by atoms with Gasteiger partial charge in [-0.1, -0.05) is 44.2 Å². The second kappa shape index (κ2) is 15.6. The maximum atomic E-state index is 12.3. The minimum atomic E-state index is -0.712. The summed E-state index contributed by atoms with van der Waals surface area (Å²) in [4.78, 5) is 59.4. The molecule has 1 N–H and O–H groups in total. The first-order chi connectivity index (χ1) is 19.8. The fourth-order valence-electron chi connectivity index (χ4n) is 4.31. The Morgan fingerprint density at radius 1 is 0.929 bits per heavy atom. The van der Waals surface area contributed by atoms with Crippen LogP contribution in [0.3, 0.4) is 0 Å². The molecule has 3 aliphatic rings. The molecule has 0 aromatic heterocycles. The molecule has 1 unspecified atom stereocenters. The Morgan fingerprint density at radius 2 is 1.48 bits per heavy atom. The highest BCUT2D eigenvalue weighted by Gasteiger charge is 2.42. The summed E-state index contributed by atoms with van der Waals surface area (Å²) in [5.41, 5.74) is 1.74.